The van der Waals surface area contributed by atoms with E-state index < -0.39 is 6.04 Å². The maximum atomic E-state index is 12.8. The van der Waals surface area contributed by atoms with Crippen LogP contribution in [0.15, 0.2) is 36.4 Å². The molecule has 4 rings (SSSR count). The quantitative estimate of drug-likeness (QED) is 0.601. The Morgan fingerprint density at radius 3 is 2.74 bits per heavy atom. The molecule has 2 unspecified atom stereocenters. The Balaban J connectivity index is 1.46. The Kier molecular flexibility index (Phi) is 7.17. The minimum absolute atomic E-state index is 0.00497. The van der Waals surface area contributed by atoms with Crippen molar-refractivity contribution < 1.29 is 28.6 Å². The first-order chi connectivity index (χ1) is 16.3. The van der Waals surface area contributed by atoms with Crippen molar-refractivity contribution in [2.24, 2.45) is 0 Å². The monoisotopic (exact) mass is 466 g/mol. The number of ketones is 1. The molecule has 1 saturated heterocycles. The van der Waals surface area contributed by atoms with Gasteiger partial charge in [0.25, 0.3) is 5.91 Å². The minimum Gasteiger partial charge on any atom is -0.485 e. The fourth-order valence-corrected chi connectivity index (χ4v) is 4.09. The summed E-state index contributed by atoms with van der Waals surface area (Å²) in [4.78, 5) is 39.7. The molecule has 0 spiro atoms. The highest BCUT2D eigenvalue weighted by Crippen LogP contribution is 2.34. The molecule has 0 radical (unpaired) electrons. The highest BCUT2D eigenvalue weighted by Gasteiger charge is 2.34. The Hall–Kier alpha value is -3.39. The molecular weight excluding hydrogens is 436 g/mol. The van der Waals surface area contributed by atoms with E-state index in [0.29, 0.717) is 35.9 Å². The SMILES string of the molecule is Cc1ccc(OCC(=O)c2ccc3c(c2)N(C(C)C(=O)NCC2CCCO2)C(=O)CO3)cc1C. The third-order valence-electron chi connectivity index (χ3n) is 6.30. The zero-order chi connectivity index (χ0) is 24.2. The van der Waals surface area contributed by atoms with Crippen LogP contribution in [0.25, 0.3) is 0 Å². The molecule has 180 valence electrons. The van der Waals surface area contributed by atoms with E-state index in [1.54, 1.807) is 25.1 Å². The average Bonchev–Trinajstić information content (AvgIpc) is 3.36. The number of Topliss-reactive ketones (excluding diaryl/α,β-unsaturated/α-hetero) is 1. The standard InChI is InChI=1S/C26H30N2O6/c1-16-6-8-20(11-17(16)2)33-14-23(29)19-7-9-24-22(12-19)28(25(30)15-34-24)18(3)26(31)27-13-21-5-4-10-32-21/h6-9,11-12,18,21H,4-5,10,13-15H2,1-3H3,(H,27,31). The van der Waals surface area contributed by atoms with Gasteiger partial charge in [-0.05, 0) is 75.1 Å². The van der Waals surface area contributed by atoms with Gasteiger partial charge in [0.1, 0.15) is 17.5 Å². The number of ether oxygens (including phenoxy) is 3. The van der Waals surface area contributed by atoms with E-state index in [1.165, 1.54) is 4.90 Å². The van der Waals surface area contributed by atoms with Gasteiger partial charge in [0, 0.05) is 18.7 Å². The smallest absolute Gasteiger partial charge is 0.265 e. The zero-order valence-electron chi connectivity index (χ0n) is 19.8. The molecule has 0 bridgehead atoms. The number of benzene rings is 2. The van der Waals surface area contributed by atoms with Crippen LogP contribution in [0.2, 0.25) is 0 Å². The van der Waals surface area contributed by atoms with Gasteiger partial charge < -0.3 is 19.5 Å². The van der Waals surface area contributed by atoms with Crippen molar-refractivity contribution in [1.82, 2.24) is 5.32 Å². The molecule has 8 heteroatoms. The number of anilines is 1. The topological polar surface area (TPSA) is 94.2 Å². The van der Waals surface area contributed by atoms with Gasteiger partial charge in [0.2, 0.25) is 5.91 Å². The summed E-state index contributed by atoms with van der Waals surface area (Å²) in [6.07, 6.45) is 1.89. The van der Waals surface area contributed by atoms with Crippen molar-refractivity contribution in [1.29, 1.82) is 0 Å². The van der Waals surface area contributed by atoms with Crippen LogP contribution in [-0.4, -0.2) is 56.1 Å². The Bertz CT molecular complexity index is 1090. The van der Waals surface area contributed by atoms with Crippen molar-refractivity contribution in [2.45, 2.75) is 45.8 Å². The highest BCUT2D eigenvalue weighted by molar-refractivity contribution is 6.05. The number of rotatable bonds is 8. The Morgan fingerprint density at radius 1 is 1.18 bits per heavy atom. The number of carbonyl (C=O) groups is 3. The fraction of sp³-hybridized carbons (Fsp3) is 0.423. The summed E-state index contributed by atoms with van der Waals surface area (Å²) in [7, 11) is 0. The number of amides is 2. The molecule has 1 fully saturated rings. The Labute approximate surface area is 199 Å². The lowest BCUT2D eigenvalue weighted by atomic mass is 10.1. The van der Waals surface area contributed by atoms with Crippen LogP contribution in [-0.2, 0) is 14.3 Å². The second kappa shape index (κ2) is 10.3. The van der Waals surface area contributed by atoms with Crippen LogP contribution >= 0.6 is 0 Å². The lowest BCUT2D eigenvalue weighted by Gasteiger charge is -2.33. The summed E-state index contributed by atoms with van der Waals surface area (Å²) in [6.45, 7) is 6.45. The summed E-state index contributed by atoms with van der Waals surface area (Å²) >= 11 is 0. The van der Waals surface area contributed by atoms with E-state index in [-0.39, 0.29) is 36.9 Å². The predicted molar refractivity (Wildman–Crippen MR) is 127 cm³/mol. The maximum Gasteiger partial charge on any atom is 0.265 e. The number of carbonyl (C=O) groups excluding carboxylic acids is 3. The van der Waals surface area contributed by atoms with Crippen LogP contribution in [0.5, 0.6) is 11.5 Å². The van der Waals surface area contributed by atoms with Crippen molar-refractivity contribution >= 4 is 23.3 Å². The van der Waals surface area contributed by atoms with Gasteiger partial charge >= 0.3 is 0 Å². The molecule has 2 aliphatic rings. The van der Waals surface area contributed by atoms with E-state index in [4.69, 9.17) is 14.2 Å². The number of nitrogens with one attached hydrogen (secondary N) is 1. The van der Waals surface area contributed by atoms with Gasteiger partial charge in [-0.2, -0.15) is 0 Å². The second-order valence-corrected chi connectivity index (χ2v) is 8.75. The predicted octanol–water partition coefficient (Wildman–Crippen LogP) is 2.97. The van der Waals surface area contributed by atoms with Crippen LogP contribution in [0.3, 0.4) is 0 Å². The molecule has 2 atom stereocenters. The number of aryl methyl sites for hydroxylation is 2. The number of hydrogen-bond donors (Lipinski definition) is 1. The lowest BCUT2D eigenvalue weighted by molar-refractivity contribution is -0.127. The molecule has 2 aromatic carbocycles. The molecule has 0 saturated carbocycles. The minimum atomic E-state index is -0.770. The molecular formula is C26H30N2O6. The third-order valence-corrected chi connectivity index (χ3v) is 6.30. The molecule has 8 nitrogen and oxygen atoms in total. The van der Waals surface area contributed by atoms with Gasteiger partial charge in [0.15, 0.2) is 19.0 Å². The van der Waals surface area contributed by atoms with Crippen molar-refractivity contribution in [3.05, 3.63) is 53.1 Å². The summed E-state index contributed by atoms with van der Waals surface area (Å²) in [6, 6.07) is 9.76. The molecule has 2 amide bonds. The first-order valence-corrected chi connectivity index (χ1v) is 11.5. The van der Waals surface area contributed by atoms with Gasteiger partial charge in [-0.1, -0.05) is 6.07 Å². The van der Waals surface area contributed by atoms with Crippen LogP contribution < -0.4 is 19.7 Å². The molecule has 34 heavy (non-hydrogen) atoms. The fourth-order valence-electron chi connectivity index (χ4n) is 4.09. The summed E-state index contributed by atoms with van der Waals surface area (Å²) in [5.41, 5.74) is 3.00. The molecule has 1 N–H and O–H groups in total. The molecule has 2 heterocycles. The van der Waals surface area contributed by atoms with Crippen LogP contribution in [0, 0.1) is 13.8 Å². The van der Waals surface area contributed by atoms with E-state index in [0.717, 1.165) is 24.0 Å². The van der Waals surface area contributed by atoms with Crippen molar-refractivity contribution in [2.75, 3.05) is 31.3 Å². The second-order valence-electron chi connectivity index (χ2n) is 8.75. The summed E-state index contributed by atoms with van der Waals surface area (Å²) in [5, 5.41) is 2.87. The van der Waals surface area contributed by atoms with E-state index >= 15 is 0 Å². The molecule has 2 aromatic rings. The summed E-state index contributed by atoms with van der Waals surface area (Å²) < 4.78 is 16.8. The molecule has 2 aliphatic heterocycles. The first-order valence-electron chi connectivity index (χ1n) is 11.5. The molecule has 0 aliphatic carbocycles. The first kappa shape index (κ1) is 23.8. The van der Waals surface area contributed by atoms with Gasteiger partial charge in [-0.25, -0.2) is 0 Å². The van der Waals surface area contributed by atoms with E-state index in [9.17, 15) is 14.4 Å². The lowest BCUT2D eigenvalue weighted by Crippen LogP contribution is -2.52. The normalized spacial score (nSPS) is 18.1. The number of nitrogens with zero attached hydrogens (tertiary/aromatic N) is 1. The largest absolute Gasteiger partial charge is 0.485 e. The average molecular weight is 467 g/mol. The summed E-state index contributed by atoms with van der Waals surface area (Å²) in [5.74, 6) is 0.195. The maximum absolute atomic E-state index is 12.8. The van der Waals surface area contributed by atoms with Gasteiger partial charge in [-0.15, -0.1) is 0 Å². The third kappa shape index (κ3) is 5.22. The van der Waals surface area contributed by atoms with Gasteiger partial charge in [0.05, 0.1) is 11.8 Å². The van der Waals surface area contributed by atoms with Gasteiger partial charge in [-0.3, -0.25) is 19.3 Å². The van der Waals surface area contributed by atoms with Crippen LogP contribution in [0.1, 0.15) is 41.3 Å². The van der Waals surface area contributed by atoms with E-state index in [2.05, 4.69) is 5.32 Å². The van der Waals surface area contributed by atoms with Crippen LogP contribution in [0.4, 0.5) is 5.69 Å². The van der Waals surface area contributed by atoms with E-state index in [1.807, 2.05) is 32.0 Å². The highest BCUT2D eigenvalue weighted by atomic mass is 16.5. The molecule has 0 aromatic heterocycles. The Morgan fingerprint density at radius 2 is 2.00 bits per heavy atom. The van der Waals surface area contributed by atoms with Crippen molar-refractivity contribution in [3.8, 4) is 11.5 Å². The number of fused-ring (bicyclic) bond motifs is 1. The van der Waals surface area contributed by atoms with Crippen molar-refractivity contribution in [3.63, 3.8) is 0 Å². The number of hydrogen-bond acceptors (Lipinski definition) is 6. The zero-order valence-corrected chi connectivity index (χ0v) is 19.8.